The summed E-state index contributed by atoms with van der Waals surface area (Å²) in [5, 5.41) is 0. The molecule has 1 saturated heterocycles. The zero-order valence-electron chi connectivity index (χ0n) is 9.83. The summed E-state index contributed by atoms with van der Waals surface area (Å²) in [5.41, 5.74) is 2.19. The van der Waals surface area contributed by atoms with Crippen molar-refractivity contribution in [2.75, 3.05) is 13.1 Å². The Bertz CT molecular complexity index is 208. The first-order valence-corrected chi connectivity index (χ1v) is 5.90. The Balaban J connectivity index is 2.29. The van der Waals surface area contributed by atoms with Gasteiger partial charge in [0.15, 0.2) is 0 Å². The van der Waals surface area contributed by atoms with E-state index in [9.17, 15) is 4.79 Å². The molecule has 4 nitrogen and oxygen atoms in total. The lowest BCUT2D eigenvalue weighted by Crippen LogP contribution is -2.38. The second-order valence-corrected chi connectivity index (χ2v) is 4.56. The quantitative estimate of drug-likeness (QED) is 0.405. The zero-order chi connectivity index (χ0) is 11.3. The molecule has 0 radical (unpaired) electrons. The van der Waals surface area contributed by atoms with Crippen molar-refractivity contribution in [3.63, 3.8) is 0 Å². The van der Waals surface area contributed by atoms with Crippen molar-refractivity contribution in [2.24, 2.45) is 11.8 Å². The monoisotopic (exact) mass is 213 g/mol. The number of rotatable bonds is 5. The van der Waals surface area contributed by atoms with Gasteiger partial charge in [0.1, 0.15) is 0 Å². The second kappa shape index (κ2) is 6.08. The van der Waals surface area contributed by atoms with Gasteiger partial charge < -0.3 is 0 Å². The average Bonchev–Trinajstić information content (AvgIpc) is 2.67. The van der Waals surface area contributed by atoms with E-state index in [-0.39, 0.29) is 5.91 Å². The molecule has 1 fully saturated rings. The number of nitrogens with zero attached hydrogens (tertiary/aromatic N) is 1. The molecule has 0 spiro atoms. The lowest BCUT2D eigenvalue weighted by molar-refractivity contribution is -0.122. The van der Waals surface area contributed by atoms with Gasteiger partial charge in [-0.3, -0.25) is 15.1 Å². The summed E-state index contributed by atoms with van der Waals surface area (Å²) in [6.45, 7) is 6.61. The molecule has 1 rings (SSSR count). The average molecular weight is 213 g/mol. The van der Waals surface area contributed by atoms with E-state index in [0.29, 0.717) is 12.5 Å². The fourth-order valence-electron chi connectivity index (χ4n) is 2.36. The summed E-state index contributed by atoms with van der Waals surface area (Å²) in [5.74, 6) is 5.84. The Morgan fingerprint density at radius 3 is 3.00 bits per heavy atom. The Labute approximate surface area is 92.2 Å². The van der Waals surface area contributed by atoms with Gasteiger partial charge in [-0.25, -0.2) is 5.84 Å². The van der Waals surface area contributed by atoms with E-state index in [0.717, 1.165) is 19.0 Å². The third kappa shape index (κ3) is 3.80. The molecule has 0 aliphatic carbocycles. The number of amides is 1. The SMILES string of the molecule is CCCC1CCN(C(C)CC(=O)NN)C1. The van der Waals surface area contributed by atoms with E-state index in [1.165, 1.54) is 19.3 Å². The predicted octanol–water partition coefficient (Wildman–Crippen LogP) is 0.877. The van der Waals surface area contributed by atoms with Crippen LogP contribution in [0.2, 0.25) is 0 Å². The molecule has 0 bridgehead atoms. The first kappa shape index (κ1) is 12.5. The molecule has 4 heteroatoms. The molecule has 88 valence electrons. The van der Waals surface area contributed by atoms with Crippen LogP contribution in [0.4, 0.5) is 0 Å². The van der Waals surface area contributed by atoms with Crippen LogP contribution in [0.25, 0.3) is 0 Å². The third-order valence-corrected chi connectivity index (χ3v) is 3.28. The van der Waals surface area contributed by atoms with Crippen molar-refractivity contribution < 1.29 is 4.79 Å². The van der Waals surface area contributed by atoms with E-state index >= 15 is 0 Å². The topological polar surface area (TPSA) is 58.4 Å². The molecule has 0 aromatic rings. The lowest BCUT2D eigenvalue weighted by atomic mass is 10.0. The summed E-state index contributed by atoms with van der Waals surface area (Å²) in [4.78, 5) is 13.5. The third-order valence-electron chi connectivity index (χ3n) is 3.28. The highest BCUT2D eigenvalue weighted by Gasteiger charge is 2.26. The van der Waals surface area contributed by atoms with Crippen molar-refractivity contribution in [3.8, 4) is 0 Å². The van der Waals surface area contributed by atoms with Gasteiger partial charge >= 0.3 is 0 Å². The van der Waals surface area contributed by atoms with Crippen LogP contribution in [0.3, 0.4) is 0 Å². The van der Waals surface area contributed by atoms with Crippen molar-refractivity contribution in [3.05, 3.63) is 0 Å². The minimum Gasteiger partial charge on any atom is -0.300 e. The highest BCUT2D eigenvalue weighted by atomic mass is 16.2. The summed E-state index contributed by atoms with van der Waals surface area (Å²) >= 11 is 0. The molecule has 0 aromatic carbocycles. The molecule has 2 unspecified atom stereocenters. The van der Waals surface area contributed by atoms with E-state index in [1.54, 1.807) is 0 Å². The van der Waals surface area contributed by atoms with Crippen LogP contribution in [0.1, 0.15) is 39.5 Å². The molecular formula is C11H23N3O. The molecular weight excluding hydrogens is 190 g/mol. The number of carbonyl (C=O) groups excluding carboxylic acids is 1. The number of hydrogen-bond acceptors (Lipinski definition) is 3. The van der Waals surface area contributed by atoms with Gasteiger partial charge in [0.25, 0.3) is 0 Å². The number of nitrogens with two attached hydrogens (primary N) is 1. The summed E-state index contributed by atoms with van der Waals surface area (Å²) < 4.78 is 0. The predicted molar refractivity (Wildman–Crippen MR) is 61.0 cm³/mol. The smallest absolute Gasteiger partial charge is 0.235 e. The van der Waals surface area contributed by atoms with Crippen molar-refractivity contribution >= 4 is 5.91 Å². The maximum atomic E-state index is 11.1. The molecule has 1 amide bonds. The Morgan fingerprint density at radius 2 is 2.40 bits per heavy atom. The fraction of sp³-hybridized carbons (Fsp3) is 0.909. The highest BCUT2D eigenvalue weighted by molar-refractivity contribution is 5.75. The lowest BCUT2D eigenvalue weighted by Gasteiger charge is -2.23. The van der Waals surface area contributed by atoms with Crippen LogP contribution in [-0.2, 0) is 4.79 Å². The maximum Gasteiger partial charge on any atom is 0.235 e. The number of likely N-dealkylation sites (tertiary alicyclic amines) is 1. The van der Waals surface area contributed by atoms with Gasteiger partial charge in [0, 0.05) is 19.0 Å². The van der Waals surface area contributed by atoms with Gasteiger partial charge in [-0.05, 0) is 32.2 Å². The molecule has 1 aliphatic rings. The van der Waals surface area contributed by atoms with Crippen LogP contribution < -0.4 is 11.3 Å². The van der Waals surface area contributed by atoms with Crippen LogP contribution in [0.5, 0.6) is 0 Å². The minimum atomic E-state index is -0.0681. The second-order valence-electron chi connectivity index (χ2n) is 4.56. The van der Waals surface area contributed by atoms with Crippen LogP contribution >= 0.6 is 0 Å². The van der Waals surface area contributed by atoms with Gasteiger partial charge in [-0.1, -0.05) is 13.3 Å². The van der Waals surface area contributed by atoms with Crippen molar-refractivity contribution in [2.45, 2.75) is 45.6 Å². The molecule has 1 aliphatic heterocycles. The van der Waals surface area contributed by atoms with Crippen LogP contribution in [-0.4, -0.2) is 29.9 Å². The molecule has 0 aromatic heterocycles. The van der Waals surface area contributed by atoms with Gasteiger partial charge in [-0.15, -0.1) is 0 Å². The van der Waals surface area contributed by atoms with Crippen LogP contribution in [0, 0.1) is 5.92 Å². The fourth-order valence-corrected chi connectivity index (χ4v) is 2.36. The number of hydrazine groups is 1. The highest BCUT2D eigenvalue weighted by Crippen LogP contribution is 2.23. The molecule has 0 saturated carbocycles. The first-order chi connectivity index (χ1) is 7.17. The number of hydrogen-bond donors (Lipinski definition) is 2. The van der Waals surface area contributed by atoms with E-state index in [1.807, 2.05) is 0 Å². The zero-order valence-corrected chi connectivity index (χ0v) is 9.83. The normalized spacial score (nSPS) is 24.1. The molecule has 15 heavy (non-hydrogen) atoms. The number of carbonyl (C=O) groups is 1. The van der Waals surface area contributed by atoms with Crippen molar-refractivity contribution in [1.82, 2.24) is 10.3 Å². The van der Waals surface area contributed by atoms with Gasteiger partial charge in [0.05, 0.1) is 0 Å². The molecule has 2 atom stereocenters. The summed E-state index contributed by atoms with van der Waals surface area (Å²) in [7, 11) is 0. The van der Waals surface area contributed by atoms with E-state index in [2.05, 4.69) is 24.2 Å². The van der Waals surface area contributed by atoms with Crippen molar-refractivity contribution in [1.29, 1.82) is 0 Å². The van der Waals surface area contributed by atoms with E-state index in [4.69, 9.17) is 5.84 Å². The van der Waals surface area contributed by atoms with E-state index < -0.39 is 0 Å². The Morgan fingerprint density at radius 1 is 1.67 bits per heavy atom. The largest absolute Gasteiger partial charge is 0.300 e. The van der Waals surface area contributed by atoms with Gasteiger partial charge in [0.2, 0.25) is 5.91 Å². The summed E-state index contributed by atoms with van der Waals surface area (Å²) in [6.07, 6.45) is 4.36. The van der Waals surface area contributed by atoms with Gasteiger partial charge in [-0.2, -0.15) is 0 Å². The molecule has 3 N–H and O–H groups in total. The maximum absolute atomic E-state index is 11.1. The number of nitrogens with one attached hydrogen (secondary N) is 1. The Kier molecular flexibility index (Phi) is 5.05. The standard InChI is InChI=1S/C11H23N3O/c1-3-4-10-5-6-14(8-10)9(2)7-11(15)13-12/h9-10H,3-8,12H2,1-2H3,(H,13,15). The minimum absolute atomic E-state index is 0.0681. The summed E-state index contributed by atoms with van der Waals surface area (Å²) in [6, 6.07) is 0.315. The Hall–Kier alpha value is -0.610. The molecule has 1 heterocycles. The van der Waals surface area contributed by atoms with Crippen LogP contribution in [0.15, 0.2) is 0 Å². The first-order valence-electron chi connectivity index (χ1n) is 5.90.